The number of hydrogen-bond donors (Lipinski definition) is 2. The van der Waals surface area contributed by atoms with Gasteiger partial charge < -0.3 is 5.73 Å². The van der Waals surface area contributed by atoms with Crippen LogP contribution in [0.25, 0.3) is 0 Å². The highest BCUT2D eigenvalue weighted by Gasteiger charge is 2.39. The van der Waals surface area contributed by atoms with Crippen LogP contribution >= 0.6 is 11.6 Å². The molecule has 0 radical (unpaired) electrons. The van der Waals surface area contributed by atoms with E-state index in [0.717, 1.165) is 10.6 Å². The Balaban J connectivity index is 0.000000396. The van der Waals surface area contributed by atoms with E-state index >= 15 is 0 Å². The molecule has 0 saturated heterocycles. The van der Waals surface area contributed by atoms with Gasteiger partial charge in [0.05, 0.1) is 5.84 Å². The van der Waals surface area contributed by atoms with Crippen molar-refractivity contribution in [3.63, 3.8) is 0 Å². The largest absolute Gasteiger partial charge is 0.388 e. The van der Waals surface area contributed by atoms with Gasteiger partial charge in [0.15, 0.2) is 6.17 Å². The molecule has 2 unspecified atom stereocenters. The van der Waals surface area contributed by atoms with E-state index in [-0.39, 0.29) is 12.0 Å². The maximum absolute atomic E-state index is 6.28. The van der Waals surface area contributed by atoms with E-state index in [1.807, 2.05) is 6.07 Å². The van der Waals surface area contributed by atoms with E-state index in [1.54, 1.807) is 12.4 Å². The monoisotopic (exact) mass is 316 g/mol. The zero-order chi connectivity index (χ0) is 16.3. The molecule has 2 atom stereocenters. The molecule has 1 aromatic carbocycles. The number of nitrogens with one attached hydrogen (secondary N) is 1. The molecule has 0 spiro atoms. The Morgan fingerprint density at radius 3 is 2.27 bits per heavy atom. The van der Waals surface area contributed by atoms with Crippen molar-refractivity contribution in [2.45, 2.75) is 32.4 Å². The third-order valence-electron chi connectivity index (χ3n) is 3.61. The minimum absolute atomic E-state index is 0.107. The molecule has 2 aliphatic rings. The Bertz CT molecular complexity index is 632. The SMILES string of the molecule is C=C(C)C1CC1c1cc(Cl)cc(C2N=CC=N2)c1.CC(=N)N. The van der Waals surface area contributed by atoms with Crippen molar-refractivity contribution in [2.75, 3.05) is 0 Å². The van der Waals surface area contributed by atoms with Crippen molar-refractivity contribution in [3.8, 4) is 0 Å². The summed E-state index contributed by atoms with van der Waals surface area (Å²) < 4.78 is 0. The van der Waals surface area contributed by atoms with Crippen molar-refractivity contribution in [1.29, 1.82) is 5.41 Å². The minimum Gasteiger partial charge on any atom is -0.388 e. The van der Waals surface area contributed by atoms with Crippen molar-refractivity contribution < 1.29 is 0 Å². The smallest absolute Gasteiger partial charge is 0.165 e. The van der Waals surface area contributed by atoms with E-state index in [1.165, 1.54) is 24.5 Å². The van der Waals surface area contributed by atoms with Crippen LogP contribution < -0.4 is 5.73 Å². The Morgan fingerprint density at radius 2 is 1.77 bits per heavy atom. The molecule has 1 aliphatic heterocycles. The number of aliphatic imine (C=N–C) groups is 2. The van der Waals surface area contributed by atoms with Gasteiger partial charge in [0.1, 0.15) is 0 Å². The Hall–Kier alpha value is -1.94. The number of nitrogens with zero attached hydrogens (tertiary/aromatic N) is 2. The van der Waals surface area contributed by atoms with Crippen molar-refractivity contribution in [3.05, 3.63) is 46.5 Å². The molecule has 22 heavy (non-hydrogen) atoms. The second-order valence-corrected chi connectivity index (χ2v) is 6.20. The first-order chi connectivity index (χ1) is 10.4. The standard InChI is InChI=1S/C15H15ClN2.C2H6N2/c1-9(2)13-8-14(13)10-5-11(7-12(16)6-10)15-17-3-4-18-15;1-2(3)4/h3-7,13-15H,1,8H2,2H3;1H3,(H3,3,4). The molecule has 0 amide bonds. The predicted octanol–water partition coefficient (Wildman–Crippen LogP) is 4.12. The summed E-state index contributed by atoms with van der Waals surface area (Å²) in [4.78, 5) is 8.60. The highest BCUT2D eigenvalue weighted by molar-refractivity contribution is 6.30. The van der Waals surface area contributed by atoms with Crippen molar-refractivity contribution in [1.82, 2.24) is 0 Å². The number of halogens is 1. The van der Waals surface area contributed by atoms with Gasteiger partial charge >= 0.3 is 0 Å². The number of amidine groups is 1. The van der Waals surface area contributed by atoms with E-state index in [2.05, 4.69) is 35.6 Å². The Morgan fingerprint density at radius 1 is 1.23 bits per heavy atom. The van der Waals surface area contributed by atoms with Crippen LogP contribution in [0.3, 0.4) is 0 Å². The molecule has 0 bridgehead atoms. The van der Waals surface area contributed by atoms with Gasteiger partial charge in [-0.25, -0.2) is 0 Å². The maximum atomic E-state index is 6.28. The fourth-order valence-corrected chi connectivity index (χ4v) is 2.81. The molecule has 1 heterocycles. The summed E-state index contributed by atoms with van der Waals surface area (Å²) in [5.41, 5.74) is 8.33. The molecular weight excluding hydrogens is 296 g/mol. The lowest BCUT2D eigenvalue weighted by Gasteiger charge is -2.09. The van der Waals surface area contributed by atoms with E-state index in [4.69, 9.17) is 22.7 Å². The Kier molecular flexibility index (Phi) is 5.14. The Labute approximate surface area is 136 Å². The minimum atomic E-state index is -0.107. The van der Waals surface area contributed by atoms with Gasteiger partial charge in [0.2, 0.25) is 0 Å². The molecule has 0 aromatic heterocycles. The molecule has 1 aromatic rings. The number of rotatable bonds is 3. The van der Waals surface area contributed by atoms with E-state index < -0.39 is 0 Å². The summed E-state index contributed by atoms with van der Waals surface area (Å²) >= 11 is 6.20. The second kappa shape index (κ2) is 6.88. The lowest BCUT2D eigenvalue weighted by Crippen LogP contribution is -2.00. The molecule has 116 valence electrons. The van der Waals surface area contributed by atoms with Crippen LogP contribution in [0.4, 0.5) is 0 Å². The van der Waals surface area contributed by atoms with Gasteiger partial charge in [-0.1, -0.05) is 29.8 Å². The number of allylic oxidation sites excluding steroid dienone is 1. The van der Waals surface area contributed by atoms with Gasteiger partial charge in [0.25, 0.3) is 0 Å². The van der Waals surface area contributed by atoms with Crippen molar-refractivity contribution in [2.24, 2.45) is 21.6 Å². The van der Waals surface area contributed by atoms with Crippen LogP contribution in [0.1, 0.15) is 43.5 Å². The fourth-order valence-electron chi connectivity index (χ4n) is 2.56. The third kappa shape index (κ3) is 4.28. The molecular formula is C17H21ClN4. The molecule has 1 saturated carbocycles. The van der Waals surface area contributed by atoms with Gasteiger partial charge in [-0.05, 0) is 55.4 Å². The van der Waals surface area contributed by atoms with Crippen LogP contribution in [0.15, 0.2) is 40.3 Å². The summed E-state index contributed by atoms with van der Waals surface area (Å²) in [5.74, 6) is 1.36. The maximum Gasteiger partial charge on any atom is 0.165 e. The quantitative estimate of drug-likeness (QED) is 0.491. The molecule has 1 aliphatic carbocycles. The van der Waals surface area contributed by atoms with Gasteiger partial charge in [-0.2, -0.15) is 0 Å². The fraction of sp³-hybridized carbons (Fsp3) is 0.353. The lowest BCUT2D eigenvalue weighted by molar-refractivity contribution is 0.798. The molecule has 1 fully saturated rings. The van der Waals surface area contributed by atoms with Crippen LogP contribution in [0.5, 0.6) is 0 Å². The highest BCUT2D eigenvalue weighted by atomic mass is 35.5. The topological polar surface area (TPSA) is 74.6 Å². The zero-order valence-electron chi connectivity index (χ0n) is 12.9. The summed E-state index contributed by atoms with van der Waals surface area (Å²) in [6.07, 6.45) is 4.55. The first kappa shape index (κ1) is 16.4. The average Bonchev–Trinajstić information content (AvgIpc) is 3.04. The van der Waals surface area contributed by atoms with Crippen molar-refractivity contribution >= 4 is 29.9 Å². The van der Waals surface area contributed by atoms with E-state index in [0.29, 0.717) is 11.8 Å². The molecule has 5 heteroatoms. The lowest BCUT2D eigenvalue weighted by atomic mass is 10.0. The number of benzene rings is 1. The molecule has 3 rings (SSSR count). The third-order valence-corrected chi connectivity index (χ3v) is 3.83. The average molecular weight is 317 g/mol. The summed E-state index contributed by atoms with van der Waals surface area (Å²) in [6.45, 7) is 7.66. The van der Waals surface area contributed by atoms with Crippen LogP contribution in [0.2, 0.25) is 5.02 Å². The first-order valence-corrected chi connectivity index (χ1v) is 7.57. The van der Waals surface area contributed by atoms with E-state index in [9.17, 15) is 0 Å². The van der Waals surface area contributed by atoms with Gasteiger partial charge in [0, 0.05) is 17.5 Å². The molecule has 4 nitrogen and oxygen atoms in total. The van der Waals surface area contributed by atoms with Gasteiger partial charge in [-0.3, -0.25) is 15.4 Å². The first-order valence-electron chi connectivity index (χ1n) is 7.20. The van der Waals surface area contributed by atoms with Crippen LogP contribution in [-0.2, 0) is 0 Å². The zero-order valence-corrected chi connectivity index (χ0v) is 13.6. The normalized spacial score (nSPS) is 22.1. The predicted molar refractivity (Wildman–Crippen MR) is 94.4 cm³/mol. The number of hydrogen-bond acceptors (Lipinski definition) is 3. The number of nitrogens with two attached hydrogens (primary N) is 1. The van der Waals surface area contributed by atoms with Gasteiger partial charge in [-0.15, -0.1) is 0 Å². The van der Waals surface area contributed by atoms with Crippen LogP contribution in [-0.4, -0.2) is 18.3 Å². The molecule has 3 N–H and O–H groups in total. The summed E-state index contributed by atoms with van der Waals surface area (Å²) in [5, 5.41) is 7.05. The van der Waals surface area contributed by atoms with Crippen LogP contribution in [0, 0.1) is 11.3 Å². The summed E-state index contributed by atoms with van der Waals surface area (Å²) in [7, 11) is 0. The summed E-state index contributed by atoms with van der Waals surface area (Å²) in [6, 6.07) is 6.19. The highest BCUT2D eigenvalue weighted by Crippen LogP contribution is 2.52. The second-order valence-electron chi connectivity index (χ2n) is 5.77.